The third-order valence-corrected chi connectivity index (χ3v) is 10.2. The highest BCUT2D eigenvalue weighted by atomic mass is 32.1. The molecular formula is C48H35NO5S. The molecule has 8 aromatic rings. The van der Waals surface area contributed by atoms with Gasteiger partial charge in [-0.25, -0.2) is 4.79 Å². The molecule has 0 aliphatic heterocycles. The topological polar surface area (TPSA) is 77.9 Å². The fraction of sp³-hybridized carbons (Fsp3) is 0.0417. The van der Waals surface area contributed by atoms with Gasteiger partial charge < -0.3 is 19.3 Å². The zero-order valence-corrected chi connectivity index (χ0v) is 30.5. The summed E-state index contributed by atoms with van der Waals surface area (Å²) in [6, 6.07) is 53.9. The smallest absolute Gasteiger partial charge is 0.336 e. The van der Waals surface area contributed by atoms with Crippen molar-refractivity contribution < 1.29 is 24.1 Å². The van der Waals surface area contributed by atoms with Crippen molar-refractivity contribution >= 4 is 39.0 Å². The molecule has 6 aromatic carbocycles. The second kappa shape index (κ2) is 16.4. The minimum Gasteiger partial charge on any atom is -0.485 e. The van der Waals surface area contributed by atoms with E-state index < -0.39 is 5.97 Å². The quantitative estimate of drug-likeness (QED) is 0.119. The number of carbonyl (C=O) groups is 1. The number of fused-ring (bicyclic) bond motifs is 1. The van der Waals surface area contributed by atoms with Crippen molar-refractivity contribution in [3.8, 4) is 45.3 Å². The van der Waals surface area contributed by atoms with E-state index in [0.29, 0.717) is 46.7 Å². The molecule has 0 saturated heterocycles. The van der Waals surface area contributed by atoms with Gasteiger partial charge in [0.1, 0.15) is 19.0 Å². The maximum absolute atomic E-state index is 12.6. The first kappa shape index (κ1) is 35.1. The number of aromatic nitrogens is 1. The number of carboxylic acid groups (broad SMARTS) is 1. The van der Waals surface area contributed by atoms with Crippen LogP contribution < -0.4 is 14.2 Å². The number of thiophene rings is 1. The van der Waals surface area contributed by atoms with Crippen LogP contribution in [0.3, 0.4) is 0 Å². The summed E-state index contributed by atoms with van der Waals surface area (Å²) in [4.78, 5) is 17.3. The van der Waals surface area contributed by atoms with Gasteiger partial charge in [-0.2, -0.15) is 0 Å². The Balaban J connectivity index is 1.17. The van der Waals surface area contributed by atoms with Crippen molar-refractivity contribution in [1.82, 2.24) is 4.98 Å². The Kier molecular flexibility index (Phi) is 10.4. The Labute approximate surface area is 323 Å². The average Bonchev–Trinajstić information content (AvgIpc) is 3.57. The Morgan fingerprint density at radius 1 is 0.600 bits per heavy atom. The number of ether oxygens (including phenoxy) is 3. The van der Waals surface area contributed by atoms with Gasteiger partial charge in [-0.3, -0.25) is 4.98 Å². The molecule has 8 rings (SSSR count). The molecule has 0 unspecified atom stereocenters. The van der Waals surface area contributed by atoms with Crippen LogP contribution in [0.2, 0.25) is 0 Å². The van der Waals surface area contributed by atoms with Crippen LogP contribution in [0, 0.1) is 0 Å². The van der Waals surface area contributed by atoms with E-state index in [0.717, 1.165) is 43.5 Å². The molecule has 0 aliphatic rings. The highest BCUT2D eigenvalue weighted by Gasteiger charge is 2.21. The van der Waals surface area contributed by atoms with Crippen molar-refractivity contribution in [2.75, 3.05) is 0 Å². The molecule has 0 saturated carbocycles. The molecule has 6 nitrogen and oxygen atoms in total. The maximum Gasteiger partial charge on any atom is 0.336 e. The van der Waals surface area contributed by atoms with Crippen molar-refractivity contribution in [3.05, 3.63) is 198 Å². The van der Waals surface area contributed by atoms with Crippen LogP contribution in [0.5, 0.6) is 23.0 Å². The molecule has 7 heteroatoms. The third kappa shape index (κ3) is 8.33. The summed E-state index contributed by atoms with van der Waals surface area (Å²) in [6.07, 6.45) is 4.82. The van der Waals surface area contributed by atoms with Crippen LogP contribution in [0.4, 0.5) is 0 Å². The summed E-state index contributed by atoms with van der Waals surface area (Å²) >= 11 is 1.43. The summed E-state index contributed by atoms with van der Waals surface area (Å²) in [6.45, 7) is 0.624. The van der Waals surface area contributed by atoms with E-state index in [-0.39, 0.29) is 5.57 Å². The van der Waals surface area contributed by atoms with E-state index in [1.54, 1.807) is 30.6 Å². The zero-order chi connectivity index (χ0) is 37.4. The minimum absolute atomic E-state index is 0.123. The van der Waals surface area contributed by atoms with Crippen molar-refractivity contribution in [2.45, 2.75) is 13.2 Å². The summed E-state index contributed by atoms with van der Waals surface area (Å²) in [7, 11) is 0. The number of aliphatic carboxylic acids is 1. The summed E-state index contributed by atoms with van der Waals surface area (Å²) in [5.41, 5.74) is 7.23. The molecule has 1 N–H and O–H groups in total. The van der Waals surface area contributed by atoms with Gasteiger partial charge >= 0.3 is 5.97 Å². The molecule has 0 fully saturated rings. The van der Waals surface area contributed by atoms with Crippen molar-refractivity contribution in [3.63, 3.8) is 0 Å². The standard InChI is InChI=1S/C48H35NO5S/c50-48(51)41(39-24-26-49-27-25-39)29-46-47(54-40-14-8-3-9-15-40)42-28-43(52-31-33-16-20-37(21-17-33)35-10-4-1-5-11-35)44(30-45(42)55-46)53-32-34-18-22-38(23-19-34)36-12-6-2-7-13-36/h1-30H,31-32H2,(H,50,51). The molecule has 0 aliphatic carbocycles. The molecule has 0 amide bonds. The zero-order valence-electron chi connectivity index (χ0n) is 29.7. The van der Waals surface area contributed by atoms with Gasteiger partial charge in [-0.1, -0.05) is 127 Å². The van der Waals surface area contributed by atoms with Crippen LogP contribution in [0.15, 0.2) is 176 Å². The van der Waals surface area contributed by atoms with E-state index in [9.17, 15) is 9.90 Å². The Hall–Kier alpha value is -6.96. The Morgan fingerprint density at radius 3 is 1.62 bits per heavy atom. The number of benzene rings is 6. The van der Waals surface area contributed by atoms with Crippen molar-refractivity contribution in [2.24, 2.45) is 0 Å². The first-order valence-corrected chi connectivity index (χ1v) is 18.6. The van der Waals surface area contributed by atoms with Gasteiger partial charge in [0.25, 0.3) is 0 Å². The van der Waals surface area contributed by atoms with Gasteiger partial charge in [0.2, 0.25) is 0 Å². The fourth-order valence-electron chi connectivity index (χ4n) is 6.23. The van der Waals surface area contributed by atoms with Gasteiger partial charge in [0, 0.05) is 28.5 Å². The lowest BCUT2D eigenvalue weighted by atomic mass is 10.0. The first-order valence-electron chi connectivity index (χ1n) is 17.8. The lowest BCUT2D eigenvalue weighted by Crippen LogP contribution is -2.01. The monoisotopic (exact) mass is 737 g/mol. The molecule has 0 radical (unpaired) electrons. The van der Waals surface area contributed by atoms with Crippen molar-refractivity contribution in [1.29, 1.82) is 0 Å². The molecule has 55 heavy (non-hydrogen) atoms. The molecule has 2 heterocycles. The first-order chi connectivity index (χ1) is 27.1. The highest BCUT2D eigenvalue weighted by Crippen LogP contribution is 2.47. The summed E-state index contributed by atoms with van der Waals surface area (Å²) in [5, 5.41) is 11.1. The highest BCUT2D eigenvalue weighted by molar-refractivity contribution is 7.20. The lowest BCUT2D eigenvalue weighted by Gasteiger charge is -2.15. The number of carboxylic acids is 1. The number of pyridine rings is 1. The van der Waals surface area contributed by atoms with Gasteiger partial charge in [0.15, 0.2) is 17.2 Å². The average molecular weight is 738 g/mol. The SMILES string of the molecule is O=C(O)C(=Cc1sc2cc(OCc3ccc(-c4ccccc4)cc3)c(OCc3ccc(-c4ccccc4)cc3)cc2c1Oc1ccccc1)c1ccncc1. The number of hydrogen-bond acceptors (Lipinski definition) is 6. The van der Waals surface area contributed by atoms with E-state index in [1.165, 1.54) is 11.3 Å². The second-order valence-corrected chi connectivity index (χ2v) is 13.9. The largest absolute Gasteiger partial charge is 0.485 e. The fourth-order valence-corrected chi connectivity index (χ4v) is 7.32. The lowest BCUT2D eigenvalue weighted by molar-refractivity contribution is -0.130. The minimum atomic E-state index is -1.06. The maximum atomic E-state index is 12.6. The number of para-hydroxylation sites is 1. The van der Waals surface area contributed by atoms with E-state index in [2.05, 4.69) is 77.8 Å². The van der Waals surface area contributed by atoms with Crippen LogP contribution >= 0.6 is 11.3 Å². The molecule has 268 valence electrons. The Bertz CT molecular complexity index is 2550. The van der Waals surface area contributed by atoms with Crippen LogP contribution in [0.1, 0.15) is 21.6 Å². The number of nitrogens with zero attached hydrogens (tertiary/aromatic N) is 1. The van der Waals surface area contributed by atoms with Crippen LogP contribution in [0.25, 0.3) is 44.0 Å². The predicted molar refractivity (Wildman–Crippen MR) is 221 cm³/mol. The summed E-state index contributed by atoms with van der Waals surface area (Å²) in [5.74, 6) is 1.20. The van der Waals surface area contributed by atoms with Gasteiger partial charge in [0.05, 0.1) is 10.5 Å². The molecule has 0 spiro atoms. The predicted octanol–water partition coefficient (Wildman–Crippen LogP) is 12.2. The van der Waals surface area contributed by atoms with E-state index in [1.807, 2.05) is 78.9 Å². The van der Waals surface area contributed by atoms with E-state index in [4.69, 9.17) is 14.2 Å². The second-order valence-electron chi connectivity index (χ2n) is 12.8. The number of hydrogen-bond donors (Lipinski definition) is 1. The molecule has 0 bridgehead atoms. The Morgan fingerprint density at radius 2 is 1.09 bits per heavy atom. The normalized spacial score (nSPS) is 11.3. The van der Waals surface area contributed by atoms with Gasteiger partial charge in [-0.15, -0.1) is 11.3 Å². The number of rotatable bonds is 13. The summed E-state index contributed by atoms with van der Waals surface area (Å²) < 4.78 is 20.5. The van der Waals surface area contributed by atoms with Gasteiger partial charge in [-0.05, 0) is 75.4 Å². The van der Waals surface area contributed by atoms with Crippen LogP contribution in [-0.2, 0) is 18.0 Å². The third-order valence-electron chi connectivity index (χ3n) is 9.11. The molecule has 0 atom stereocenters. The molecular weight excluding hydrogens is 703 g/mol. The van der Waals surface area contributed by atoms with Crippen LogP contribution in [-0.4, -0.2) is 16.1 Å². The van der Waals surface area contributed by atoms with E-state index >= 15 is 0 Å². The molecule has 2 aromatic heterocycles.